The highest BCUT2D eigenvalue weighted by Crippen LogP contribution is 2.24. The summed E-state index contributed by atoms with van der Waals surface area (Å²) in [6, 6.07) is 3.87. The quantitative estimate of drug-likeness (QED) is 0.797. The van der Waals surface area contributed by atoms with Gasteiger partial charge in [0.2, 0.25) is 5.91 Å². The molecular formula is C19H26N4OS. The first-order chi connectivity index (χ1) is 12.0. The fourth-order valence-corrected chi connectivity index (χ4v) is 4.32. The lowest BCUT2D eigenvalue weighted by Crippen LogP contribution is -2.34. The van der Waals surface area contributed by atoms with Crippen molar-refractivity contribution in [2.75, 3.05) is 26.7 Å². The zero-order chi connectivity index (χ0) is 17.8. The topological polar surface area (TPSA) is 49.3 Å². The van der Waals surface area contributed by atoms with Crippen molar-refractivity contribution in [3.05, 3.63) is 46.2 Å². The molecule has 3 heterocycles. The molecule has 1 saturated heterocycles. The second-order valence-corrected chi connectivity index (χ2v) is 7.94. The molecule has 25 heavy (non-hydrogen) atoms. The minimum absolute atomic E-state index is 0.120. The highest BCUT2D eigenvalue weighted by molar-refractivity contribution is 7.09. The normalized spacial score (nSPS) is 18.7. The van der Waals surface area contributed by atoms with Crippen LogP contribution in [0.2, 0.25) is 0 Å². The number of aromatic nitrogens is 2. The van der Waals surface area contributed by atoms with Crippen molar-refractivity contribution in [3.63, 3.8) is 0 Å². The van der Waals surface area contributed by atoms with Crippen molar-refractivity contribution < 1.29 is 4.79 Å². The monoisotopic (exact) mass is 358 g/mol. The third kappa shape index (κ3) is 4.44. The maximum absolute atomic E-state index is 12.8. The number of likely N-dealkylation sites (tertiary alicyclic amines) is 1. The smallest absolute Gasteiger partial charge is 0.229 e. The Morgan fingerprint density at radius 1 is 1.52 bits per heavy atom. The van der Waals surface area contributed by atoms with Gasteiger partial charge >= 0.3 is 0 Å². The van der Waals surface area contributed by atoms with Crippen molar-refractivity contribution in [1.29, 1.82) is 0 Å². The molecule has 5 nitrogen and oxygen atoms in total. The summed E-state index contributed by atoms with van der Waals surface area (Å²) in [5.74, 6) is 0.643. The molecule has 2 aromatic heterocycles. The van der Waals surface area contributed by atoms with Gasteiger partial charge in [0.25, 0.3) is 0 Å². The zero-order valence-electron chi connectivity index (χ0n) is 15.2. The molecule has 1 fully saturated rings. The Kier molecular flexibility index (Phi) is 5.81. The van der Waals surface area contributed by atoms with E-state index < -0.39 is 0 Å². The Balaban J connectivity index is 1.51. The molecule has 3 rings (SSSR count). The Labute approximate surface area is 153 Å². The predicted molar refractivity (Wildman–Crippen MR) is 101 cm³/mol. The van der Waals surface area contributed by atoms with Gasteiger partial charge in [0.15, 0.2) is 0 Å². The molecular weight excluding hydrogens is 332 g/mol. The largest absolute Gasteiger partial charge is 0.342 e. The fourth-order valence-electron chi connectivity index (χ4n) is 3.46. The first kappa shape index (κ1) is 18.0. The van der Waals surface area contributed by atoms with E-state index in [9.17, 15) is 4.79 Å². The molecule has 1 aliphatic rings. The van der Waals surface area contributed by atoms with E-state index in [2.05, 4.69) is 28.8 Å². The SMILES string of the molecule is Cc1ncsc1CN(C)C[C@@H]1CCN(C(=O)[C@H](C)c2cccnc2)C1. The second-order valence-electron chi connectivity index (χ2n) is 7.00. The number of carbonyl (C=O) groups excluding carboxylic acids is 1. The average Bonchev–Trinajstić information content (AvgIpc) is 3.24. The number of pyridine rings is 1. The van der Waals surface area contributed by atoms with Gasteiger partial charge in [0, 0.05) is 43.4 Å². The maximum Gasteiger partial charge on any atom is 0.229 e. The van der Waals surface area contributed by atoms with Crippen molar-refractivity contribution in [1.82, 2.24) is 19.8 Å². The molecule has 1 aliphatic heterocycles. The van der Waals surface area contributed by atoms with Crippen LogP contribution in [0.5, 0.6) is 0 Å². The Morgan fingerprint density at radius 2 is 2.36 bits per heavy atom. The minimum Gasteiger partial charge on any atom is -0.342 e. The lowest BCUT2D eigenvalue weighted by molar-refractivity contribution is -0.131. The Bertz CT molecular complexity index is 702. The number of hydrogen-bond acceptors (Lipinski definition) is 5. The van der Waals surface area contributed by atoms with Crippen LogP contribution < -0.4 is 0 Å². The van der Waals surface area contributed by atoms with E-state index in [1.54, 1.807) is 23.7 Å². The number of carbonyl (C=O) groups is 1. The molecule has 6 heteroatoms. The average molecular weight is 359 g/mol. The van der Waals surface area contributed by atoms with Gasteiger partial charge in [-0.25, -0.2) is 4.98 Å². The van der Waals surface area contributed by atoms with Crippen LogP contribution in [-0.4, -0.2) is 52.4 Å². The highest BCUT2D eigenvalue weighted by Gasteiger charge is 2.30. The van der Waals surface area contributed by atoms with Gasteiger partial charge in [-0.2, -0.15) is 0 Å². The number of aryl methyl sites for hydroxylation is 1. The molecule has 0 aromatic carbocycles. The van der Waals surface area contributed by atoms with Crippen LogP contribution in [0.3, 0.4) is 0 Å². The number of nitrogens with zero attached hydrogens (tertiary/aromatic N) is 4. The van der Waals surface area contributed by atoms with Gasteiger partial charge in [0.1, 0.15) is 0 Å². The molecule has 0 aliphatic carbocycles. The molecule has 0 spiro atoms. The molecule has 0 N–H and O–H groups in total. The number of hydrogen-bond donors (Lipinski definition) is 0. The van der Waals surface area contributed by atoms with Crippen LogP contribution in [-0.2, 0) is 11.3 Å². The van der Waals surface area contributed by atoms with Crippen LogP contribution in [0.4, 0.5) is 0 Å². The first-order valence-electron chi connectivity index (χ1n) is 8.80. The number of rotatable bonds is 6. The summed E-state index contributed by atoms with van der Waals surface area (Å²) in [5.41, 5.74) is 4.04. The molecule has 0 bridgehead atoms. The zero-order valence-corrected chi connectivity index (χ0v) is 16.0. The van der Waals surface area contributed by atoms with Crippen LogP contribution in [0, 0.1) is 12.8 Å². The molecule has 0 saturated carbocycles. The predicted octanol–water partition coefficient (Wildman–Crippen LogP) is 2.93. The van der Waals surface area contributed by atoms with E-state index in [4.69, 9.17) is 0 Å². The second kappa shape index (κ2) is 8.06. The molecule has 2 atom stereocenters. The fraction of sp³-hybridized carbons (Fsp3) is 0.526. The van der Waals surface area contributed by atoms with E-state index in [1.165, 1.54) is 4.88 Å². The van der Waals surface area contributed by atoms with E-state index in [-0.39, 0.29) is 11.8 Å². The summed E-state index contributed by atoms with van der Waals surface area (Å²) in [6.45, 7) is 7.72. The van der Waals surface area contributed by atoms with Crippen molar-refractivity contribution in [3.8, 4) is 0 Å². The summed E-state index contributed by atoms with van der Waals surface area (Å²) < 4.78 is 0. The van der Waals surface area contributed by atoms with Gasteiger partial charge < -0.3 is 9.80 Å². The summed E-state index contributed by atoms with van der Waals surface area (Å²) >= 11 is 1.72. The standard InChI is InChI=1S/C19H26N4OS/c1-14(17-5-4-7-20-9-17)19(24)23-8-6-16(11-23)10-22(3)12-18-15(2)21-13-25-18/h4-5,7,9,13-14,16H,6,8,10-12H2,1-3H3/t14-,16+/m1/s1. The van der Waals surface area contributed by atoms with Gasteiger partial charge in [-0.05, 0) is 44.9 Å². The Morgan fingerprint density at radius 3 is 3.04 bits per heavy atom. The van der Waals surface area contributed by atoms with Crippen molar-refractivity contribution in [2.45, 2.75) is 32.7 Å². The summed E-state index contributed by atoms with van der Waals surface area (Å²) in [6.07, 6.45) is 4.62. The third-order valence-electron chi connectivity index (χ3n) is 4.98. The van der Waals surface area contributed by atoms with Crippen LogP contribution in [0.1, 0.15) is 35.4 Å². The minimum atomic E-state index is -0.120. The summed E-state index contributed by atoms with van der Waals surface area (Å²) in [5, 5.41) is 0. The van der Waals surface area contributed by atoms with Gasteiger partial charge in [-0.3, -0.25) is 9.78 Å². The van der Waals surface area contributed by atoms with E-state index in [0.29, 0.717) is 5.92 Å². The van der Waals surface area contributed by atoms with Gasteiger partial charge in [-0.15, -0.1) is 11.3 Å². The summed E-state index contributed by atoms with van der Waals surface area (Å²) in [7, 11) is 2.15. The molecule has 0 radical (unpaired) electrons. The van der Waals surface area contributed by atoms with Crippen LogP contribution >= 0.6 is 11.3 Å². The van der Waals surface area contributed by atoms with Crippen molar-refractivity contribution in [2.24, 2.45) is 5.92 Å². The van der Waals surface area contributed by atoms with Crippen LogP contribution in [0.25, 0.3) is 0 Å². The maximum atomic E-state index is 12.8. The van der Waals surface area contributed by atoms with E-state index >= 15 is 0 Å². The molecule has 1 amide bonds. The first-order valence-corrected chi connectivity index (χ1v) is 9.68. The number of amides is 1. The van der Waals surface area contributed by atoms with Gasteiger partial charge in [0.05, 0.1) is 17.1 Å². The molecule has 2 aromatic rings. The van der Waals surface area contributed by atoms with Gasteiger partial charge in [-0.1, -0.05) is 6.07 Å². The Hall–Kier alpha value is -1.79. The lowest BCUT2D eigenvalue weighted by atomic mass is 10.0. The summed E-state index contributed by atoms with van der Waals surface area (Å²) in [4.78, 5) is 26.9. The molecule has 0 unspecified atom stereocenters. The molecule has 134 valence electrons. The van der Waals surface area contributed by atoms with Crippen molar-refractivity contribution >= 4 is 17.2 Å². The highest BCUT2D eigenvalue weighted by atomic mass is 32.1. The lowest BCUT2D eigenvalue weighted by Gasteiger charge is -2.23. The van der Waals surface area contributed by atoms with E-state index in [0.717, 1.165) is 43.9 Å². The van der Waals surface area contributed by atoms with E-state index in [1.807, 2.05) is 29.5 Å². The number of thiazole rings is 1. The third-order valence-corrected chi connectivity index (χ3v) is 5.90. The van der Waals surface area contributed by atoms with Crippen LogP contribution in [0.15, 0.2) is 30.0 Å².